The van der Waals surface area contributed by atoms with Crippen molar-refractivity contribution in [2.45, 2.75) is 93.4 Å². The van der Waals surface area contributed by atoms with Crippen molar-refractivity contribution in [1.29, 1.82) is 0 Å². The van der Waals surface area contributed by atoms with Gasteiger partial charge in [-0.2, -0.15) is 11.8 Å². The number of esters is 1. The van der Waals surface area contributed by atoms with E-state index in [0.717, 1.165) is 44.3 Å². The molecular weight excluding hydrogens is 478 g/mol. The summed E-state index contributed by atoms with van der Waals surface area (Å²) in [5, 5.41) is 9.19. The monoisotopic (exact) mass is 517 g/mol. The Morgan fingerprint density at radius 3 is 2.77 bits per heavy atom. The van der Waals surface area contributed by atoms with E-state index in [1.165, 1.54) is 7.11 Å². The Morgan fingerprint density at radius 1 is 1.17 bits per heavy atom. The lowest BCUT2D eigenvalue weighted by Crippen LogP contribution is -2.42. The summed E-state index contributed by atoms with van der Waals surface area (Å²) in [6, 6.07) is 0.416. The molecule has 3 fully saturated rings. The number of thioether (sulfide) groups is 1. The third-order valence-electron chi connectivity index (χ3n) is 6.74. The van der Waals surface area contributed by atoms with Crippen molar-refractivity contribution in [2.24, 2.45) is 0 Å². The number of ether oxygens (including phenoxy) is 3. The lowest BCUT2D eigenvalue weighted by atomic mass is 9.98. The lowest BCUT2D eigenvalue weighted by Gasteiger charge is -2.37. The molecule has 0 aromatic rings. The number of alkyl carbamates (subject to hydrolysis) is 1. The molecular formula is C23H39N3O8S. The highest BCUT2D eigenvalue weighted by molar-refractivity contribution is 8.00. The summed E-state index contributed by atoms with van der Waals surface area (Å²) in [4.78, 5) is 45.5. The van der Waals surface area contributed by atoms with E-state index in [2.05, 4.69) is 20.7 Å². The Hall–Kier alpha value is -1.76. The smallest absolute Gasteiger partial charge is 0.407 e. The van der Waals surface area contributed by atoms with Crippen molar-refractivity contribution in [3.05, 3.63) is 0 Å². The van der Waals surface area contributed by atoms with Gasteiger partial charge in [0.15, 0.2) is 0 Å². The van der Waals surface area contributed by atoms with Crippen molar-refractivity contribution >= 4 is 29.9 Å². The second-order valence-electron chi connectivity index (χ2n) is 9.23. The molecule has 3 saturated heterocycles. The van der Waals surface area contributed by atoms with Crippen LogP contribution >= 0.6 is 11.8 Å². The first-order valence-electron chi connectivity index (χ1n) is 12.5. The standard InChI is InChI=1S/C23H39N3O8S/c1-30-19(27)14-16-9-11-23(31-2,34-33-16)10-5-3-7-13-32-22(29)24-12-6-4-8-18-20-17(15-35-18)25-21(28)26-20/h16-18,20H,3-15H2,1-2H3,(H,24,29)(H2,25,26,28)/t16?,17-,18-,20-,23?/m0/s1. The molecule has 0 radical (unpaired) electrons. The van der Waals surface area contributed by atoms with Gasteiger partial charge < -0.3 is 30.2 Å². The lowest BCUT2D eigenvalue weighted by molar-refractivity contribution is -0.466. The van der Waals surface area contributed by atoms with E-state index in [0.29, 0.717) is 37.7 Å². The summed E-state index contributed by atoms with van der Waals surface area (Å²) in [7, 11) is 2.94. The minimum atomic E-state index is -0.803. The van der Waals surface area contributed by atoms with E-state index in [4.69, 9.17) is 19.2 Å². The summed E-state index contributed by atoms with van der Waals surface area (Å²) >= 11 is 1.90. The van der Waals surface area contributed by atoms with Crippen LogP contribution in [-0.2, 0) is 28.8 Å². The summed E-state index contributed by atoms with van der Waals surface area (Å²) in [6.07, 6.45) is 6.74. The highest BCUT2D eigenvalue weighted by atomic mass is 32.2. The third kappa shape index (κ3) is 8.69. The van der Waals surface area contributed by atoms with Gasteiger partial charge in [0.1, 0.15) is 6.10 Å². The van der Waals surface area contributed by atoms with Gasteiger partial charge in [-0.05, 0) is 38.5 Å². The zero-order valence-electron chi connectivity index (χ0n) is 20.7. The minimum absolute atomic E-state index is 0.0603. The molecule has 3 rings (SSSR count). The summed E-state index contributed by atoms with van der Waals surface area (Å²) in [5.74, 6) is -0.168. The number of carbonyl (C=O) groups excluding carboxylic acids is 3. The molecule has 200 valence electrons. The number of nitrogens with one attached hydrogen (secondary N) is 3. The van der Waals surface area contributed by atoms with E-state index in [1.54, 1.807) is 7.11 Å². The van der Waals surface area contributed by atoms with Gasteiger partial charge in [-0.15, -0.1) is 0 Å². The second kappa shape index (κ2) is 14.1. The van der Waals surface area contributed by atoms with Crippen LogP contribution in [0.1, 0.15) is 64.2 Å². The maximum atomic E-state index is 11.9. The van der Waals surface area contributed by atoms with E-state index in [-0.39, 0.29) is 42.7 Å². The van der Waals surface area contributed by atoms with Crippen molar-refractivity contribution in [3.63, 3.8) is 0 Å². The topological polar surface area (TPSA) is 133 Å². The van der Waals surface area contributed by atoms with Gasteiger partial charge in [-0.25, -0.2) is 19.4 Å². The zero-order chi connectivity index (χ0) is 25.1. The van der Waals surface area contributed by atoms with Crippen LogP contribution in [0, 0.1) is 0 Å². The third-order valence-corrected chi connectivity index (χ3v) is 8.24. The second-order valence-corrected chi connectivity index (χ2v) is 10.5. The van der Waals surface area contributed by atoms with E-state index >= 15 is 0 Å². The number of hydrogen-bond donors (Lipinski definition) is 3. The summed E-state index contributed by atoms with van der Waals surface area (Å²) < 4.78 is 15.5. The van der Waals surface area contributed by atoms with Gasteiger partial charge in [0, 0.05) is 37.5 Å². The summed E-state index contributed by atoms with van der Waals surface area (Å²) in [6.45, 7) is 0.943. The Bertz CT molecular complexity index is 704. The van der Waals surface area contributed by atoms with Gasteiger partial charge in [-0.3, -0.25) is 4.79 Å². The van der Waals surface area contributed by atoms with E-state index in [9.17, 15) is 14.4 Å². The van der Waals surface area contributed by atoms with Crippen molar-refractivity contribution in [2.75, 3.05) is 33.1 Å². The molecule has 3 amide bonds. The van der Waals surface area contributed by atoms with Gasteiger partial charge in [0.2, 0.25) is 5.79 Å². The minimum Gasteiger partial charge on any atom is -0.469 e. The molecule has 0 aliphatic carbocycles. The predicted molar refractivity (Wildman–Crippen MR) is 129 cm³/mol. The molecule has 11 nitrogen and oxygen atoms in total. The largest absolute Gasteiger partial charge is 0.469 e. The molecule has 0 aromatic carbocycles. The normalized spacial score (nSPS) is 29.7. The SMILES string of the molecule is COC(=O)CC1CCC(CCCCCOC(=O)NCCCC[C@@H]2SC[C@@H]3NC(=O)N[C@@H]32)(OC)OO1. The number of hydrogen-bond acceptors (Lipinski definition) is 9. The van der Waals surface area contributed by atoms with E-state index in [1.807, 2.05) is 11.8 Å². The van der Waals surface area contributed by atoms with Gasteiger partial charge >= 0.3 is 18.1 Å². The summed E-state index contributed by atoms with van der Waals surface area (Å²) in [5.41, 5.74) is 0. The molecule has 3 heterocycles. The van der Waals surface area contributed by atoms with Crippen molar-refractivity contribution in [3.8, 4) is 0 Å². The Balaban J connectivity index is 1.16. The number of carbonyl (C=O) groups is 3. The molecule has 0 spiro atoms. The van der Waals surface area contributed by atoms with Crippen LogP contribution < -0.4 is 16.0 Å². The first-order valence-corrected chi connectivity index (χ1v) is 13.6. The van der Waals surface area contributed by atoms with Crippen molar-refractivity contribution in [1.82, 2.24) is 16.0 Å². The quantitative estimate of drug-likeness (QED) is 0.138. The average molecular weight is 518 g/mol. The predicted octanol–water partition coefficient (Wildman–Crippen LogP) is 2.63. The maximum Gasteiger partial charge on any atom is 0.407 e. The van der Waals surface area contributed by atoms with Gasteiger partial charge in [0.25, 0.3) is 0 Å². The molecule has 3 N–H and O–H groups in total. The first-order chi connectivity index (χ1) is 16.9. The molecule has 3 aliphatic rings. The van der Waals surface area contributed by atoms with Crippen molar-refractivity contribution < 1.29 is 38.4 Å². The first kappa shape index (κ1) is 27.8. The Morgan fingerprint density at radius 2 is 2.03 bits per heavy atom. The number of amides is 3. The van der Waals surface area contributed by atoms with Crippen LogP contribution in [0.25, 0.3) is 0 Å². The molecule has 0 bridgehead atoms. The fourth-order valence-electron chi connectivity index (χ4n) is 4.63. The highest BCUT2D eigenvalue weighted by Crippen LogP contribution is 2.34. The molecule has 12 heteroatoms. The molecule has 3 aliphatic heterocycles. The van der Waals surface area contributed by atoms with Crippen LogP contribution in [0.2, 0.25) is 0 Å². The van der Waals surface area contributed by atoms with Gasteiger partial charge in [-0.1, -0.05) is 6.42 Å². The fraction of sp³-hybridized carbons (Fsp3) is 0.870. The number of fused-ring (bicyclic) bond motifs is 1. The number of unbranched alkanes of at least 4 members (excludes halogenated alkanes) is 3. The molecule has 35 heavy (non-hydrogen) atoms. The van der Waals surface area contributed by atoms with Crippen LogP contribution in [0.4, 0.5) is 9.59 Å². The Kier molecular flexibility index (Phi) is 11.2. The van der Waals surface area contributed by atoms with Gasteiger partial charge in [0.05, 0.1) is 32.2 Å². The fourth-order valence-corrected chi connectivity index (χ4v) is 6.17. The van der Waals surface area contributed by atoms with E-state index < -0.39 is 5.79 Å². The highest BCUT2D eigenvalue weighted by Gasteiger charge is 2.42. The zero-order valence-corrected chi connectivity index (χ0v) is 21.5. The molecule has 5 atom stereocenters. The molecule has 0 aromatic heterocycles. The molecule has 2 unspecified atom stereocenters. The maximum absolute atomic E-state index is 11.9. The van der Waals surface area contributed by atoms with Crippen LogP contribution in [-0.4, -0.2) is 80.4 Å². The van der Waals surface area contributed by atoms with Crippen LogP contribution in [0.15, 0.2) is 0 Å². The average Bonchev–Trinajstić information content (AvgIpc) is 3.41. The Labute approximate surface area is 211 Å². The van der Waals surface area contributed by atoms with Crippen LogP contribution in [0.5, 0.6) is 0 Å². The number of methoxy groups -OCH3 is 2. The molecule has 0 saturated carbocycles. The van der Waals surface area contributed by atoms with Crippen LogP contribution in [0.3, 0.4) is 0 Å². The number of rotatable bonds is 14. The number of urea groups is 1.